The van der Waals surface area contributed by atoms with Crippen LogP contribution < -0.4 is 4.74 Å². The van der Waals surface area contributed by atoms with E-state index in [0.29, 0.717) is 12.8 Å². The SMILES string of the molecule is CCCC1CC(O[C@H]2C[C@](O)(C(C)=O)Cc3c(O)c4c(c(O)c32)C(=O)c2c(OC)cccc2C4=O)CC(C)C1O. The van der Waals surface area contributed by atoms with Gasteiger partial charge in [-0.1, -0.05) is 32.4 Å². The van der Waals surface area contributed by atoms with E-state index in [1.54, 1.807) is 6.07 Å². The van der Waals surface area contributed by atoms with Gasteiger partial charge in [-0.3, -0.25) is 14.4 Å². The van der Waals surface area contributed by atoms with Gasteiger partial charge in [0.15, 0.2) is 11.6 Å². The molecule has 214 valence electrons. The van der Waals surface area contributed by atoms with Gasteiger partial charge in [-0.25, -0.2) is 0 Å². The Kier molecular flexibility index (Phi) is 7.27. The van der Waals surface area contributed by atoms with Gasteiger partial charge in [0.2, 0.25) is 5.78 Å². The van der Waals surface area contributed by atoms with E-state index in [2.05, 4.69) is 0 Å². The summed E-state index contributed by atoms with van der Waals surface area (Å²) in [5, 5.41) is 45.1. The van der Waals surface area contributed by atoms with E-state index in [4.69, 9.17) is 9.47 Å². The van der Waals surface area contributed by atoms with Gasteiger partial charge in [-0.2, -0.15) is 0 Å². The van der Waals surface area contributed by atoms with Gasteiger partial charge in [-0.15, -0.1) is 0 Å². The quantitative estimate of drug-likeness (QED) is 0.335. The van der Waals surface area contributed by atoms with E-state index in [0.717, 1.165) is 12.8 Å². The highest BCUT2D eigenvalue weighted by Gasteiger charge is 2.49. The average molecular weight is 553 g/mol. The number of hydrogen-bond donors (Lipinski definition) is 4. The molecule has 1 fully saturated rings. The molecule has 0 bridgehead atoms. The van der Waals surface area contributed by atoms with Crippen LogP contribution in [0.2, 0.25) is 0 Å². The molecule has 3 aliphatic rings. The molecule has 0 heterocycles. The predicted molar refractivity (Wildman–Crippen MR) is 144 cm³/mol. The molecule has 1 saturated carbocycles. The number of phenols is 2. The number of benzene rings is 2. The van der Waals surface area contributed by atoms with E-state index in [9.17, 15) is 34.8 Å². The van der Waals surface area contributed by atoms with Crippen molar-refractivity contribution >= 4 is 17.3 Å². The zero-order chi connectivity index (χ0) is 29.1. The number of aliphatic hydroxyl groups is 2. The molecule has 0 radical (unpaired) electrons. The molecule has 6 atom stereocenters. The lowest BCUT2D eigenvalue weighted by Crippen LogP contribution is -2.46. The standard InChI is InChI=1S/C31H36O9/c1-5-7-16-11-17(10-14(2)26(16)33)40-21-13-31(38,15(3)32)12-19-23(21)30(37)25-24(28(19)35)27(34)18-8-6-9-20(39-4)22(18)29(25)36/h6,8-9,14,16-17,21,26,33,35,37-38H,5,7,10-13H2,1-4H3/t14?,16?,17?,21-,26?,31-/m0/s1. The fourth-order valence-electron chi connectivity index (χ4n) is 6.90. The average Bonchev–Trinajstić information content (AvgIpc) is 2.91. The second-order valence-corrected chi connectivity index (χ2v) is 11.6. The van der Waals surface area contributed by atoms with E-state index in [1.807, 2.05) is 13.8 Å². The van der Waals surface area contributed by atoms with Crippen LogP contribution in [0, 0.1) is 11.8 Å². The number of carbonyl (C=O) groups excluding carboxylic acids is 3. The van der Waals surface area contributed by atoms with Crippen molar-refractivity contribution < 1.29 is 44.3 Å². The Hall–Kier alpha value is -3.27. The molecule has 40 heavy (non-hydrogen) atoms. The minimum Gasteiger partial charge on any atom is -0.507 e. The fourth-order valence-corrected chi connectivity index (χ4v) is 6.90. The van der Waals surface area contributed by atoms with Gasteiger partial charge >= 0.3 is 0 Å². The van der Waals surface area contributed by atoms with Gasteiger partial charge in [0, 0.05) is 29.5 Å². The molecule has 0 spiro atoms. The van der Waals surface area contributed by atoms with Crippen LogP contribution in [0.4, 0.5) is 0 Å². The van der Waals surface area contributed by atoms with Crippen molar-refractivity contribution in [2.24, 2.45) is 11.8 Å². The van der Waals surface area contributed by atoms with Crippen LogP contribution in [-0.4, -0.2) is 62.7 Å². The molecule has 9 heteroatoms. The molecule has 2 aromatic rings. The van der Waals surface area contributed by atoms with Crippen molar-refractivity contribution in [2.75, 3.05) is 7.11 Å². The first-order valence-corrected chi connectivity index (χ1v) is 13.9. The zero-order valence-electron chi connectivity index (χ0n) is 23.2. The monoisotopic (exact) mass is 552 g/mol. The lowest BCUT2D eigenvalue weighted by atomic mass is 9.71. The summed E-state index contributed by atoms with van der Waals surface area (Å²) in [7, 11) is 1.37. The second-order valence-electron chi connectivity index (χ2n) is 11.6. The molecule has 3 aliphatic carbocycles. The lowest BCUT2D eigenvalue weighted by Gasteiger charge is -2.43. The first-order valence-electron chi connectivity index (χ1n) is 13.9. The Morgan fingerprint density at radius 1 is 1.07 bits per heavy atom. The number of aromatic hydroxyl groups is 2. The minimum atomic E-state index is -1.92. The fraction of sp³-hybridized carbons (Fsp3) is 0.516. The number of Topliss-reactive ketones (excluding diaryl/α,β-unsaturated/α-hetero) is 1. The van der Waals surface area contributed by atoms with Crippen molar-refractivity contribution in [2.45, 2.75) is 83.2 Å². The van der Waals surface area contributed by atoms with Crippen LogP contribution in [0.1, 0.15) is 102 Å². The normalized spacial score (nSPS) is 29.4. The van der Waals surface area contributed by atoms with Gasteiger partial charge in [-0.05, 0) is 44.1 Å². The topological polar surface area (TPSA) is 151 Å². The molecule has 0 amide bonds. The number of ketones is 3. The van der Waals surface area contributed by atoms with Crippen LogP contribution in [0.3, 0.4) is 0 Å². The number of aliphatic hydroxyl groups excluding tert-OH is 1. The van der Waals surface area contributed by atoms with Crippen LogP contribution >= 0.6 is 0 Å². The highest BCUT2D eigenvalue weighted by Crippen LogP contribution is 2.53. The van der Waals surface area contributed by atoms with Crippen molar-refractivity contribution in [1.82, 2.24) is 0 Å². The smallest absolute Gasteiger partial charge is 0.202 e. The summed E-state index contributed by atoms with van der Waals surface area (Å²) < 4.78 is 11.8. The summed E-state index contributed by atoms with van der Waals surface area (Å²) in [6, 6.07) is 4.53. The molecular formula is C31H36O9. The molecule has 0 aromatic heterocycles. The summed E-state index contributed by atoms with van der Waals surface area (Å²) in [6.45, 7) is 5.23. The van der Waals surface area contributed by atoms with Crippen molar-refractivity contribution in [3.05, 3.63) is 51.6 Å². The third-order valence-electron chi connectivity index (χ3n) is 9.01. The largest absolute Gasteiger partial charge is 0.507 e. The van der Waals surface area contributed by atoms with Gasteiger partial charge < -0.3 is 29.9 Å². The van der Waals surface area contributed by atoms with E-state index >= 15 is 0 Å². The lowest BCUT2D eigenvalue weighted by molar-refractivity contribution is -0.148. The number of methoxy groups -OCH3 is 1. The van der Waals surface area contributed by atoms with Crippen molar-refractivity contribution in [3.63, 3.8) is 0 Å². The summed E-state index contributed by atoms with van der Waals surface area (Å²) in [6.07, 6.45) is 0.318. The summed E-state index contributed by atoms with van der Waals surface area (Å²) in [5.74, 6) is -2.86. The molecule has 5 rings (SSSR count). The van der Waals surface area contributed by atoms with Crippen LogP contribution in [0.15, 0.2) is 18.2 Å². The molecular weight excluding hydrogens is 516 g/mol. The first-order chi connectivity index (χ1) is 18.9. The Balaban J connectivity index is 1.65. The molecule has 0 saturated heterocycles. The molecule has 4 N–H and O–H groups in total. The Morgan fingerprint density at radius 3 is 2.42 bits per heavy atom. The maximum absolute atomic E-state index is 13.7. The molecule has 2 aromatic carbocycles. The molecule has 0 aliphatic heterocycles. The molecule has 4 unspecified atom stereocenters. The summed E-state index contributed by atoms with van der Waals surface area (Å²) >= 11 is 0. The highest BCUT2D eigenvalue weighted by molar-refractivity contribution is 6.31. The second kappa shape index (κ2) is 10.3. The predicted octanol–water partition coefficient (Wildman–Crippen LogP) is 3.78. The van der Waals surface area contributed by atoms with Gasteiger partial charge in [0.1, 0.15) is 22.8 Å². The highest BCUT2D eigenvalue weighted by atomic mass is 16.5. The minimum absolute atomic E-state index is 0.00204. The Bertz CT molecular complexity index is 1400. The number of hydrogen-bond acceptors (Lipinski definition) is 9. The number of carbonyl (C=O) groups is 3. The zero-order valence-corrected chi connectivity index (χ0v) is 23.2. The number of phenolic OH excluding ortho intramolecular Hbond substituents is 2. The Labute approximate surface area is 232 Å². The number of rotatable bonds is 6. The van der Waals surface area contributed by atoms with E-state index in [1.165, 1.54) is 26.2 Å². The maximum atomic E-state index is 13.7. The first kappa shape index (κ1) is 28.3. The summed E-state index contributed by atoms with van der Waals surface area (Å²) in [4.78, 5) is 39.9. The Morgan fingerprint density at radius 2 is 1.77 bits per heavy atom. The summed E-state index contributed by atoms with van der Waals surface area (Å²) in [5.41, 5.74) is -2.53. The third kappa shape index (κ3) is 4.31. The number of fused-ring (bicyclic) bond motifs is 3. The molecule has 9 nitrogen and oxygen atoms in total. The van der Waals surface area contributed by atoms with Gasteiger partial charge in [0.05, 0.1) is 42.1 Å². The van der Waals surface area contributed by atoms with E-state index in [-0.39, 0.29) is 69.9 Å². The maximum Gasteiger partial charge on any atom is 0.202 e. The van der Waals surface area contributed by atoms with Crippen LogP contribution in [-0.2, 0) is 16.0 Å². The number of ether oxygens (including phenoxy) is 2. The van der Waals surface area contributed by atoms with Crippen LogP contribution in [0.5, 0.6) is 17.2 Å². The van der Waals surface area contributed by atoms with Crippen molar-refractivity contribution in [3.8, 4) is 17.2 Å². The van der Waals surface area contributed by atoms with Crippen LogP contribution in [0.25, 0.3) is 0 Å². The van der Waals surface area contributed by atoms with E-state index < -0.39 is 46.7 Å². The van der Waals surface area contributed by atoms with Gasteiger partial charge in [0.25, 0.3) is 0 Å². The third-order valence-corrected chi connectivity index (χ3v) is 9.01. The van der Waals surface area contributed by atoms with Crippen molar-refractivity contribution in [1.29, 1.82) is 0 Å².